The number of hydrogen-bond acceptors (Lipinski definition) is 4. The number of carbonyl (C=O) groups is 1. The summed E-state index contributed by atoms with van der Waals surface area (Å²) in [5.41, 5.74) is 0.224. The van der Waals surface area contributed by atoms with E-state index in [1.165, 1.54) is 12.8 Å². The first kappa shape index (κ1) is 23.7. The summed E-state index contributed by atoms with van der Waals surface area (Å²) in [5.74, 6) is 2.92. The molecular formula is C27H46O4. The first-order valence-electron chi connectivity index (χ1n) is 13.1. The normalized spacial score (nSPS) is 48.0. The van der Waals surface area contributed by atoms with Gasteiger partial charge in [0.05, 0.1) is 18.3 Å². The number of carbonyl (C=O) groups excluding carboxylic acids is 1. The predicted molar refractivity (Wildman–Crippen MR) is 122 cm³/mol. The zero-order valence-electron chi connectivity index (χ0n) is 20.4. The Bertz CT molecular complexity index is 676. The van der Waals surface area contributed by atoms with Crippen LogP contribution in [0.2, 0.25) is 0 Å². The van der Waals surface area contributed by atoms with Crippen molar-refractivity contribution in [1.82, 2.24) is 0 Å². The maximum Gasteiger partial charge on any atom is 0.136 e. The summed E-state index contributed by atoms with van der Waals surface area (Å²) in [4.78, 5) is 13.2. The number of ketones is 1. The average molecular weight is 435 g/mol. The molecule has 4 fully saturated rings. The molecule has 0 spiro atoms. The van der Waals surface area contributed by atoms with Gasteiger partial charge in [-0.3, -0.25) is 4.79 Å². The van der Waals surface area contributed by atoms with Gasteiger partial charge in [-0.15, -0.1) is 0 Å². The number of Topliss-reactive ketones (excluding diaryl/α,β-unsaturated/α-hetero) is 1. The zero-order valence-corrected chi connectivity index (χ0v) is 20.4. The van der Waals surface area contributed by atoms with E-state index in [2.05, 4.69) is 27.7 Å². The highest BCUT2D eigenvalue weighted by Gasteiger charge is 2.62. The third-order valence-corrected chi connectivity index (χ3v) is 11.1. The van der Waals surface area contributed by atoms with Gasteiger partial charge in [0.15, 0.2) is 0 Å². The van der Waals surface area contributed by atoms with E-state index in [0.29, 0.717) is 54.6 Å². The van der Waals surface area contributed by atoms with Crippen LogP contribution in [0.5, 0.6) is 0 Å². The molecule has 4 nitrogen and oxygen atoms in total. The second kappa shape index (κ2) is 8.40. The predicted octanol–water partition coefficient (Wildman–Crippen LogP) is 4.59. The lowest BCUT2D eigenvalue weighted by atomic mass is 9.44. The minimum Gasteiger partial charge on any atom is -0.393 e. The maximum atomic E-state index is 13.2. The standard InChI is InChI=1S/C27H46O4/c1-15(2)16(3)25(31)24(30)12-17-6-7-20-19-14-23(29)22-13-18(28)8-10-27(22,5)21(19)9-11-26(17,20)4/h15-22,24-25,28,30-31H,6-14H2,1-5H3/t16-,17?,18-,19?,20?,21?,22+,24+,25+,26+,27+/m0/s1. The van der Waals surface area contributed by atoms with Gasteiger partial charge in [0.1, 0.15) is 5.78 Å². The molecule has 4 saturated carbocycles. The van der Waals surface area contributed by atoms with Crippen molar-refractivity contribution in [2.75, 3.05) is 0 Å². The van der Waals surface area contributed by atoms with E-state index in [9.17, 15) is 20.1 Å². The van der Waals surface area contributed by atoms with Gasteiger partial charge in [-0.05, 0) is 97.7 Å². The van der Waals surface area contributed by atoms with Crippen molar-refractivity contribution in [3.63, 3.8) is 0 Å². The quantitative estimate of drug-likeness (QED) is 0.591. The Morgan fingerprint density at radius 2 is 1.61 bits per heavy atom. The summed E-state index contributed by atoms with van der Waals surface area (Å²) in [6.45, 7) is 11.0. The summed E-state index contributed by atoms with van der Waals surface area (Å²) in [6, 6.07) is 0. The van der Waals surface area contributed by atoms with Crippen LogP contribution >= 0.6 is 0 Å². The molecule has 11 atom stereocenters. The molecule has 0 heterocycles. The van der Waals surface area contributed by atoms with Crippen molar-refractivity contribution >= 4 is 5.78 Å². The molecule has 31 heavy (non-hydrogen) atoms. The lowest BCUT2D eigenvalue weighted by Crippen LogP contribution is -2.57. The smallest absolute Gasteiger partial charge is 0.136 e. The topological polar surface area (TPSA) is 77.8 Å². The van der Waals surface area contributed by atoms with Crippen LogP contribution < -0.4 is 0 Å². The van der Waals surface area contributed by atoms with Gasteiger partial charge in [-0.2, -0.15) is 0 Å². The first-order valence-corrected chi connectivity index (χ1v) is 13.1. The molecule has 4 heteroatoms. The number of aliphatic hydroxyl groups excluding tert-OH is 3. The molecule has 4 unspecified atom stereocenters. The van der Waals surface area contributed by atoms with Crippen LogP contribution in [0, 0.1) is 52.3 Å². The van der Waals surface area contributed by atoms with Gasteiger partial charge in [0, 0.05) is 12.3 Å². The summed E-state index contributed by atoms with van der Waals surface area (Å²) < 4.78 is 0. The number of hydrogen-bond donors (Lipinski definition) is 3. The van der Waals surface area contributed by atoms with Gasteiger partial charge >= 0.3 is 0 Å². The third-order valence-electron chi connectivity index (χ3n) is 11.1. The molecule has 0 amide bonds. The van der Waals surface area contributed by atoms with Crippen LogP contribution in [0.15, 0.2) is 0 Å². The minimum atomic E-state index is -0.663. The van der Waals surface area contributed by atoms with Gasteiger partial charge in [-0.25, -0.2) is 0 Å². The van der Waals surface area contributed by atoms with E-state index < -0.39 is 12.2 Å². The molecule has 4 aliphatic carbocycles. The second-order valence-electron chi connectivity index (χ2n) is 12.7. The lowest BCUT2D eigenvalue weighted by molar-refractivity contribution is -0.160. The number of aliphatic hydroxyl groups is 3. The summed E-state index contributed by atoms with van der Waals surface area (Å²) in [5, 5.41) is 31.8. The van der Waals surface area contributed by atoms with Crippen LogP contribution in [0.1, 0.15) is 92.4 Å². The van der Waals surface area contributed by atoms with Crippen molar-refractivity contribution in [3.8, 4) is 0 Å². The monoisotopic (exact) mass is 434 g/mol. The number of fused-ring (bicyclic) bond motifs is 5. The van der Waals surface area contributed by atoms with Crippen LogP contribution in [0.25, 0.3) is 0 Å². The fourth-order valence-corrected chi connectivity index (χ4v) is 8.69. The Balaban J connectivity index is 1.50. The van der Waals surface area contributed by atoms with Crippen LogP contribution in [-0.4, -0.2) is 39.4 Å². The molecule has 0 aliphatic heterocycles. The van der Waals surface area contributed by atoms with Crippen LogP contribution in [0.3, 0.4) is 0 Å². The number of rotatable bonds is 5. The van der Waals surface area contributed by atoms with E-state index in [0.717, 1.165) is 25.7 Å². The Kier molecular flexibility index (Phi) is 6.42. The van der Waals surface area contributed by atoms with E-state index >= 15 is 0 Å². The Hall–Kier alpha value is -0.450. The molecule has 3 N–H and O–H groups in total. The summed E-state index contributed by atoms with van der Waals surface area (Å²) >= 11 is 0. The summed E-state index contributed by atoms with van der Waals surface area (Å²) in [7, 11) is 0. The van der Waals surface area contributed by atoms with E-state index in [1.807, 2.05) is 6.92 Å². The van der Waals surface area contributed by atoms with Crippen LogP contribution in [0.4, 0.5) is 0 Å². The van der Waals surface area contributed by atoms with Gasteiger partial charge < -0.3 is 15.3 Å². The summed E-state index contributed by atoms with van der Waals surface area (Å²) in [6.07, 6.45) is 6.85. The molecule has 178 valence electrons. The van der Waals surface area contributed by atoms with Crippen molar-refractivity contribution in [3.05, 3.63) is 0 Å². The molecule has 0 aromatic carbocycles. The molecule has 0 radical (unpaired) electrons. The highest BCUT2D eigenvalue weighted by atomic mass is 16.3. The Morgan fingerprint density at radius 1 is 0.968 bits per heavy atom. The van der Waals surface area contributed by atoms with E-state index in [4.69, 9.17) is 0 Å². The second-order valence-corrected chi connectivity index (χ2v) is 12.7. The van der Waals surface area contributed by atoms with Gasteiger partial charge in [-0.1, -0.05) is 34.6 Å². The van der Waals surface area contributed by atoms with Gasteiger partial charge in [0.2, 0.25) is 0 Å². The van der Waals surface area contributed by atoms with Crippen molar-refractivity contribution < 1.29 is 20.1 Å². The Morgan fingerprint density at radius 3 is 2.29 bits per heavy atom. The molecule has 0 aromatic rings. The third kappa shape index (κ3) is 3.83. The highest BCUT2D eigenvalue weighted by molar-refractivity contribution is 5.83. The zero-order chi connectivity index (χ0) is 22.7. The fourth-order valence-electron chi connectivity index (χ4n) is 8.69. The Labute approximate surface area is 189 Å². The van der Waals surface area contributed by atoms with Gasteiger partial charge in [0.25, 0.3) is 0 Å². The SMILES string of the molecule is CC(C)[C@H](C)[C@@H](O)[C@H](O)CC1CCC2C3CC(=O)[C@H]4C[C@@H](O)CC[C@]4(C)C3CC[C@]12C. The van der Waals surface area contributed by atoms with E-state index in [-0.39, 0.29) is 28.8 Å². The molecule has 4 rings (SSSR count). The fraction of sp³-hybridized carbons (Fsp3) is 0.963. The highest BCUT2D eigenvalue weighted by Crippen LogP contribution is 2.67. The van der Waals surface area contributed by atoms with E-state index in [1.54, 1.807) is 0 Å². The van der Waals surface area contributed by atoms with Crippen LogP contribution in [-0.2, 0) is 4.79 Å². The molecular weight excluding hydrogens is 388 g/mol. The molecule has 0 saturated heterocycles. The lowest BCUT2D eigenvalue weighted by Gasteiger charge is -2.60. The van der Waals surface area contributed by atoms with Crippen molar-refractivity contribution in [2.24, 2.45) is 52.3 Å². The maximum absolute atomic E-state index is 13.2. The molecule has 4 aliphatic rings. The molecule has 0 aromatic heterocycles. The largest absolute Gasteiger partial charge is 0.393 e. The molecule has 0 bridgehead atoms. The van der Waals surface area contributed by atoms with Crippen molar-refractivity contribution in [2.45, 2.75) is 111 Å². The minimum absolute atomic E-state index is 0.0496. The first-order chi connectivity index (χ1) is 14.5. The van der Waals surface area contributed by atoms with Crippen molar-refractivity contribution in [1.29, 1.82) is 0 Å². The average Bonchev–Trinajstić information content (AvgIpc) is 3.04.